The van der Waals surface area contributed by atoms with Gasteiger partial charge in [0.05, 0.1) is 0 Å². The van der Waals surface area contributed by atoms with Crippen molar-refractivity contribution < 1.29 is 20.4 Å². The average molecular weight is 933 g/mol. The van der Waals surface area contributed by atoms with E-state index >= 15 is 0 Å². The van der Waals surface area contributed by atoms with Crippen LogP contribution in [0.25, 0.3) is 0 Å². The molecule has 4 heteroatoms. The van der Waals surface area contributed by atoms with Crippen molar-refractivity contribution >= 4 is 0 Å². The van der Waals surface area contributed by atoms with E-state index in [9.17, 15) is 20.4 Å². The van der Waals surface area contributed by atoms with Crippen LogP contribution >= 0.6 is 0 Å². The molecule has 372 valence electrons. The Morgan fingerprint density at radius 3 is 0.754 bits per heavy atom. The molecule has 0 unspecified atom stereocenters. The highest BCUT2D eigenvalue weighted by molar-refractivity contribution is 5.57. The normalized spacial score (nSPS) is 22.8. The Hall–Kier alpha value is -3.92. The maximum Gasteiger partial charge on any atom is 0.119 e. The summed E-state index contributed by atoms with van der Waals surface area (Å²) in [6, 6.07) is 18.4. The molecule has 6 aliphatic carbocycles. The molecule has 0 aliphatic heterocycles. The van der Waals surface area contributed by atoms with Crippen LogP contribution in [-0.2, 0) is 10.8 Å². The molecule has 0 aromatic heterocycles. The van der Waals surface area contributed by atoms with Gasteiger partial charge in [0.25, 0.3) is 0 Å². The molecule has 0 saturated heterocycles. The lowest BCUT2D eigenvalue weighted by Crippen LogP contribution is -2.37. The van der Waals surface area contributed by atoms with E-state index in [2.05, 4.69) is 76.2 Å². The van der Waals surface area contributed by atoms with E-state index < -0.39 is 0 Å². The number of hydrogen-bond acceptors (Lipinski definition) is 4. The van der Waals surface area contributed by atoms with Crippen LogP contribution in [0.5, 0.6) is 23.0 Å². The topological polar surface area (TPSA) is 80.9 Å². The summed E-state index contributed by atoms with van der Waals surface area (Å²) in [4.78, 5) is 0. The predicted octanol–water partition coefficient (Wildman–Crippen LogP) is 18.0. The second-order valence-electron chi connectivity index (χ2n) is 24.5. The number of aryl methyl sites for hydroxylation is 4. The zero-order valence-corrected chi connectivity index (χ0v) is 43.4. The molecule has 0 bridgehead atoms. The van der Waals surface area contributed by atoms with Crippen molar-refractivity contribution in [1.82, 2.24) is 0 Å². The Bertz CT molecular complexity index is 2100. The van der Waals surface area contributed by atoms with E-state index in [1.54, 1.807) is 0 Å². The Balaban J connectivity index is 0.958. The van der Waals surface area contributed by atoms with Gasteiger partial charge in [-0.2, -0.15) is 0 Å². The van der Waals surface area contributed by atoms with Gasteiger partial charge in [0.15, 0.2) is 0 Å². The molecule has 6 fully saturated rings. The summed E-state index contributed by atoms with van der Waals surface area (Å²) in [5.74, 6) is 5.02. The van der Waals surface area contributed by atoms with Crippen molar-refractivity contribution in [1.29, 1.82) is 0 Å². The first-order valence-electron chi connectivity index (χ1n) is 28.8. The van der Waals surface area contributed by atoms with Crippen LogP contribution in [0.1, 0.15) is 277 Å². The van der Waals surface area contributed by atoms with Crippen LogP contribution in [0.3, 0.4) is 0 Å². The number of aromatic hydroxyl groups is 4. The van der Waals surface area contributed by atoms with E-state index in [-0.39, 0.29) is 10.8 Å². The number of rotatable bonds is 10. The van der Waals surface area contributed by atoms with Crippen molar-refractivity contribution in [2.24, 2.45) is 11.8 Å². The molecule has 0 heterocycles. The third-order valence-electron chi connectivity index (χ3n) is 20.3. The minimum atomic E-state index is -0.153. The minimum absolute atomic E-state index is 0.153. The molecule has 10 rings (SSSR count). The number of hydrogen-bond donors (Lipinski definition) is 4. The molecule has 4 aromatic carbocycles. The largest absolute Gasteiger partial charge is 0.508 e. The fourth-order valence-electron chi connectivity index (χ4n) is 16.5. The summed E-state index contributed by atoms with van der Waals surface area (Å²) in [5, 5.41) is 46.3. The Morgan fingerprint density at radius 2 is 0.536 bits per heavy atom. The maximum atomic E-state index is 11.6. The summed E-state index contributed by atoms with van der Waals surface area (Å²) in [5.41, 5.74) is 15.0. The third kappa shape index (κ3) is 9.64. The third-order valence-corrected chi connectivity index (χ3v) is 20.3. The summed E-state index contributed by atoms with van der Waals surface area (Å²) < 4.78 is 0. The Morgan fingerprint density at radius 1 is 0.319 bits per heavy atom. The molecule has 4 nitrogen and oxygen atoms in total. The first-order valence-corrected chi connectivity index (χ1v) is 28.8. The maximum absolute atomic E-state index is 11.6. The van der Waals surface area contributed by atoms with Gasteiger partial charge in [0.1, 0.15) is 23.0 Å². The van der Waals surface area contributed by atoms with Crippen molar-refractivity contribution in [3.63, 3.8) is 0 Å². The summed E-state index contributed by atoms with van der Waals surface area (Å²) in [6.45, 7) is 9.01. The van der Waals surface area contributed by atoms with Gasteiger partial charge in [-0.1, -0.05) is 101 Å². The number of phenols is 4. The second kappa shape index (κ2) is 20.7. The standard InChI is InChI=1S/C65H88O4/c1-42-33-60(66)52(48-17-9-5-10-18-48)38-56(42)64(57-39-53(61(67)34-43(57)2)49-19-11-6-12-20-49)29-25-46(26-30-64)37-47-27-31-65(32-28-47,58-40-54(62(68)35-44(58)3)50-21-13-7-14-22-50)59-41-55(63(69)36-45(59)4)51-23-15-8-16-24-51/h33-36,38-41,46-51,66-69H,5-32,37H2,1-4H3. The number of benzene rings is 4. The highest BCUT2D eigenvalue weighted by Crippen LogP contribution is 2.57. The van der Waals surface area contributed by atoms with E-state index in [0.29, 0.717) is 58.5 Å². The van der Waals surface area contributed by atoms with Gasteiger partial charge in [-0.05, 0) is 263 Å². The van der Waals surface area contributed by atoms with Crippen molar-refractivity contribution in [2.45, 2.75) is 248 Å². The van der Waals surface area contributed by atoms with Gasteiger partial charge in [-0.3, -0.25) is 0 Å². The smallest absolute Gasteiger partial charge is 0.119 e. The summed E-state index contributed by atoms with van der Waals surface area (Å²) >= 11 is 0. The van der Waals surface area contributed by atoms with Gasteiger partial charge in [0.2, 0.25) is 0 Å². The van der Waals surface area contributed by atoms with Crippen LogP contribution in [0.15, 0.2) is 48.5 Å². The Kier molecular flexibility index (Phi) is 14.6. The summed E-state index contributed by atoms with van der Waals surface area (Å²) in [7, 11) is 0. The molecule has 0 radical (unpaired) electrons. The zero-order chi connectivity index (χ0) is 47.9. The quantitative estimate of drug-likeness (QED) is 0.128. The fourth-order valence-corrected chi connectivity index (χ4v) is 16.5. The lowest BCUT2D eigenvalue weighted by atomic mass is 9.57. The van der Waals surface area contributed by atoms with Crippen molar-refractivity contribution in [3.8, 4) is 23.0 Å². The molecule has 69 heavy (non-hydrogen) atoms. The molecule has 0 spiro atoms. The Labute approximate surface area is 417 Å². The highest BCUT2D eigenvalue weighted by Gasteiger charge is 2.45. The SMILES string of the molecule is Cc1cc(O)c(C2CCCCC2)cc1C1(c2cc(C3CCCCC3)c(O)cc2C)CCC(CC2CCC(c3cc(C4CCCCC4)c(O)cc3C)(c3cc(C4CCCCC4)c(O)cc3C)CC2)CC1. The minimum Gasteiger partial charge on any atom is -0.508 e. The van der Waals surface area contributed by atoms with Crippen LogP contribution in [0.4, 0.5) is 0 Å². The van der Waals surface area contributed by atoms with Gasteiger partial charge in [-0.15, -0.1) is 0 Å². The van der Waals surface area contributed by atoms with Gasteiger partial charge < -0.3 is 20.4 Å². The molecule has 6 saturated carbocycles. The highest BCUT2D eigenvalue weighted by atomic mass is 16.3. The fraction of sp³-hybridized carbons (Fsp3) is 0.631. The molecule has 0 amide bonds. The molecular formula is C65H88O4. The molecule has 6 aliphatic rings. The second-order valence-corrected chi connectivity index (χ2v) is 24.5. The lowest BCUT2D eigenvalue weighted by Gasteiger charge is -2.46. The molecule has 0 atom stereocenters. The van der Waals surface area contributed by atoms with E-state index in [1.807, 2.05) is 0 Å². The van der Waals surface area contributed by atoms with Gasteiger partial charge >= 0.3 is 0 Å². The summed E-state index contributed by atoms with van der Waals surface area (Å²) in [6.07, 6.45) is 35.0. The lowest BCUT2D eigenvalue weighted by molar-refractivity contribution is 0.184. The molecule has 4 aromatic rings. The molecular weight excluding hydrogens is 845 g/mol. The van der Waals surface area contributed by atoms with E-state index in [1.165, 1.54) is 227 Å². The average Bonchev–Trinajstić information content (AvgIpc) is 3.36. The van der Waals surface area contributed by atoms with Gasteiger partial charge in [0, 0.05) is 10.8 Å². The van der Waals surface area contributed by atoms with Crippen LogP contribution in [0.2, 0.25) is 0 Å². The first kappa shape index (κ1) is 48.7. The van der Waals surface area contributed by atoms with Crippen LogP contribution in [0, 0.1) is 39.5 Å². The van der Waals surface area contributed by atoms with Crippen molar-refractivity contribution in [2.75, 3.05) is 0 Å². The molecule has 4 N–H and O–H groups in total. The van der Waals surface area contributed by atoms with Crippen LogP contribution < -0.4 is 0 Å². The van der Waals surface area contributed by atoms with Gasteiger partial charge in [-0.25, -0.2) is 0 Å². The predicted molar refractivity (Wildman–Crippen MR) is 285 cm³/mol. The number of phenolic OH excluding ortho intramolecular Hbond substituents is 4. The van der Waals surface area contributed by atoms with Crippen molar-refractivity contribution in [3.05, 3.63) is 115 Å². The van der Waals surface area contributed by atoms with E-state index in [0.717, 1.165) is 25.7 Å². The zero-order valence-electron chi connectivity index (χ0n) is 43.4. The first-order chi connectivity index (χ1) is 33.4. The monoisotopic (exact) mass is 933 g/mol. The van der Waals surface area contributed by atoms with E-state index in [4.69, 9.17) is 0 Å². The van der Waals surface area contributed by atoms with Crippen LogP contribution in [-0.4, -0.2) is 20.4 Å².